The minimum atomic E-state index is -0.984. The van der Waals surface area contributed by atoms with Gasteiger partial charge in [-0.1, -0.05) is 41.5 Å². The van der Waals surface area contributed by atoms with Gasteiger partial charge in [0.1, 0.15) is 10.6 Å². The van der Waals surface area contributed by atoms with Crippen molar-refractivity contribution in [2.24, 2.45) is 11.8 Å². The Bertz CT molecular complexity index is 1020. The lowest BCUT2D eigenvalue weighted by atomic mass is 9.76. The number of aliphatic carboxylic acids is 1. The number of carboxylic acid groups (broad SMARTS) is 1. The van der Waals surface area contributed by atoms with Gasteiger partial charge in [0.05, 0.1) is 17.9 Å². The van der Waals surface area contributed by atoms with Gasteiger partial charge in [-0.2, -0.15) is 0 Å². The standard InChI is InChI=1S/C24H27NO5S/c1-13(2)30-24(29)20-19(16-8-6-5-7-9-16)12-31-22(20)25-21(26)17-10-14(3)15(4)11-18(17)23(27)28/h5-9,12-13,17-18H,10-11H2,1-4H3,(H,25,26)(H,27,28). The Kier molecular flexibility index (Phi) is 6.95. The largest absolute Gasteiger partial charge is 0.481 e. The highest BCUT2D eigenvalue weighted by atomic mass is 32.1. The normalized spacial score (nSPS) is 18.7. The molecule has 2 unspecified atom stereocenters. The molecule has 0 aliphatic heterocycles. The molecule has 1 aliphatic carbocycles. The average molecular weight is 442 g/mol. The lowest BCUT2D eigenvalue weighted by Gasteiger charge is -2.29. The lowest BCUT2D eigenvalue weighted by molar-refractivity contribution is -0.146. The number of benzene rings is 1. The summed E-state index contributed by atoms with van der Waals surface area (Å²) in [5.74, 6) is -3.38. The molecule has 1 aromatic carbocycles. The molecule has 0 saturated carbocycles. The van der Waals surface area contributed by atoms with E-state index in [4.69, 9.17) is 4.74 Å². The number of esters is 1. The minimum absolute atomic E-state index is 0.296. The summed E-state index contributed by atoms with van der Waals surface area (Å²) in [7, 11) is 0. The number of ether oxygens (including phenoxy) is 1. The number of carboxylic acids is 1. The van der Waals surface area contributed by atoms with Crippen LogP contribution < -0.4 is 5.32 Å². The summed E-state index contributed by atoms with van der Waals surface area (Å²) in [6.07, 6.45) is 0.420. The van der Waals surface area contributed by atoms with Crippen molar-refractivity contribution in [3.63, 3.8) is 0 Å². The van der Waals surface area contributed by atoms with E-state index in [-0.39, 0.29) is 12.0 Å². The molecule has 1 amide bonds. The number of carbonyl (C=O) groups excluding carboxylic acids is 2. The summed E-state index contributed by atoms with van der Waals surface area (Å²) >= 11 is 1.24. The highest BCUT2D eigenvalue weighted by Gasteiger charge is 2.38. The predicted molar refractivity (Wildman–Crippen MR) is 121 cm³/mol. The molecule has 6 nitrogen and oxygen atoms in total. The minimum Gasteiger partial charge on any atom is -0.481 e. The van der Waals surface area contributed by atoms with Gasteiger partial charge in [0.25, 0.3) is 0 Å². The smallest absolute Gasteiger partial charge is 0.342 e. The van der Waals surface area contributed by atoms with Gasteiger partial charge in [0, 0.05) is 10.9 Å². The van der Waals surface area contributed by atoms with Crippen LogP contribution in [0, 0.1) is 11.8 Å². The summed E-state index contributed by atoms with van der Waals surface area (Å²) in [6, 6.07) is 9.41. The Labute approximate surface area is 185 Å². The van der Waals surface area contributed by atoms with Crippen LogP contribution in [0.15, 0.2) is 46.9 Å². The molecule has 1 aliphatic rings. The zero-order chi connectivity index (χ0) is 22.7. The maximum absolute atomic E-state index is 13.1. The van der Waals surface area contributed by atoms with Crippen molar-refractivity contribution in [2.45, 2.75) is 46.6 Å². The van der Waals surface area contributed by atoms with Crippen molar-refractivity contribution in [1.29, 1.82) is 0 Å². The molecule has 0 radical (unpaired) electrons. The Balaban J connectivity index is 1.95. The van der Waals surface area contributed by atoms with Crippen LogP contribution in [0.1, 0.15) is 50.9 Å². The number of amides is 1. The number of hydrogen-bond acceptors (Lipinski definition) is 5. The fourth-order valence-corrected chi connectivity index (χ4v) is 4.75. The number of anilines is 1. The first-order chi connectivity index (χ1) is 14.7. The zero-order valence-electron chi connectivity index (χ0n) is 18.1. The highest BCUT2D eigenvalue weighted by molar-refractivity contribution is 7.15. The van der Waals surface area contributed by atoms with E-state index in [9.17, 15) is 19.5 Å². The molecule has 2 aromatic rings. The van der Waals surface area contributed by atoms with Gasteiger partial charge in [-0.3, -0.25) is 9.59 Å². The molecule has 164 valence electrons. The van der Waals surface area contributed by atoms with Crippen molar-refractivity contribution in [3.8, 4) is 11.1 Å². The van der Waals surface area contributed by atoms with Crippen molar-refractivity contribution in [1.82, 2.24) is 0 Å². The van der Waals surface area contributed by atoms with Crippen LogP contribution in [-0.2, 0) is 14.3 Å². The van der Waals surface area contributed by atoms with Crippen LogP contribution in [0.2, 0.25) is 0 Å². The van der Waals surface area contributed by atoms with Crippen LogP contribution in [0.5, 0.6) is 0 Å². The van der Waals surface area contributed by atoms with Crippen molar-refractivity contribution in [3.05, 3.63) is 52.4 Å². The van der Waals surface area contributed by atoms with Gasteiger partial charge >= 0.3 is 11.9 Å². The van der Waals surface area contributed by atoms with Crippen molar-refractivity contribution in [2.75, 3.05) is 5.32 Å². The van der Waals surface area contributed by atoms with E-state index in [1.165, 1.54) is 11.3 Å². The Hall–Kier alpha value is -2.93. The van der Waals surface area contributed by atoms with E-state index in [1.54, 1.807) is 13.8 Å². The van der Waals surface area contributed by atoms with Crippen LogP contribution in [0.4, 0.5) is 5.00 Å². The fourth-order valence-electron chi connectivity index (χ4n) is 3.79. The second-order valence-electron chi connectivity index (χ2n) is 8.18. The number of rotatable bonds is 6. The second-order valence-corrected chi connectivity index (χ2v) is 9.06. The first-order valence-electron chi connectivity index (χ1n) is 10.3. The average Bonchev–Trinajstić information content (AvgIpc) is 3.13. The molecule has 0 fully saturated rings. The topological polar surface area (TPSA) is 92.7 Å². The molecule has 0 saturated heterocycles. The molecular formula is C24H27NO5S. The molecular weight excluding hydrogens is 414 g/mol. The van der Waals surface area contributed by atoms with E-state index in [1.807, 2.05) is 49.6 Å². The Morgan fingerprint density at radius 2 is 1.68 bits per heavy atom. The van der Waals surface area contributed by atoms with Gasteiger partial charge in [-0.05, 0) is 46.1 Å². The number of carbonyl (C=O) groups is 3. The summed E-state index contributed by atoms with van der Waals surface area (Å²) in [5, 5.41) is 14.7. The first kappa shape index (κ1) is 22.7. The first-order valence-corrected chi connectivity index (χ1v) is 11.1. The molecule has 7 heteroatoms. The third-order valence-electron chi connectivity index (χ3n) is 5.58. The second kappa shape index (κ2) is 9.47. The molecule has 0 spiro atoms. The summed E-state index contributed by atoms with van der Waals surface area (Å²) in [5.41, 5.74) is 3.86. The van der Waals surface area contributed by atoms with Gasteiger partial charge in [-0.25, -0.2) is 4.79 Å². The van der Waals surface area contributed by atoms with Gasteiger partial charge in [0.15, 0.2) is 0 Å². The SMILES string of the molecule is CC1=C(C)CC(C(=O)Nc2scc(-c3ccccc3)c2C(=O)OC(C)C)C(C(=O)O)C1. The number of thiophene rings is 1. The van der Waals surface area contributed by atoms with Crippen molar-refractivity contribution < 1.29 is 24.2 Å². The maximum atomic E-state index is 13.1. The summed E-state index contributed by atoms with van der Waals surface area (Å²) in [4.78, 5) is 37.8. The third-order valence-corrected chi connectivity index (χ3v) is 6.48. The van der Waals surface area contributed by atoms with E-state index >= 15 is 0 Å². The molecule has 3 rings (SSSR count). The number of allylic oxidation sites excluding steroid dienone is 2. The number of hydrogen-bond donors (Lipinski definition) is 2. The molecule has 1 heterocycles. The highest BCUT2D eigenvalue weighted by Crippen LogP contribution is 2.39. The third kappa shape index (κ3) is 5.05. The van der Waals surface area contributed by atoms with Gasteiger partial charge in [-0.15, -0.1) is 11.3 Å². The van der Waals surface area contributed by atoms with E-state index in [2.05, 4.69) is 5.32 Å². The maximum Gasteiger partial charge on any atom is 0.342 e. The molecule has 2 N–H and O–H groups in total. The van der Waals surface area contributed by atoms with Crippen LogP contribution in [0.3, 0.4) is 0 Å². The molecule has 31 heavy (non-hydrogen) atoms. The quantitative estimate of drug-likeness (QED) is 0.465. The van der Waals surface area contributed by atoms with Crippen LogP contribution >= 0.6 is 11.3 Å². The number of nitrogens with one attached hydrogen (secondary N) is 1. The van der Waals surface area contributed by atoms with Gasteiger partial charge in [0.2, 0.25) is 5.91 Å². The zero-order valence-corrected chi connectivity index (χ0v) is 18.9. The van der Waals surface area contributed by atoms with Crippen LogP contribution in [-0.4, -0.2) is 29.1 Å². The van der Waals surface area contributed by atoms with E-state index in [0.29, 0.717) is 29.0 Å². The van der Waals surface area contributed by atoms with Crippen LogP contribution in [0.25, 0.3) is 11.1 Å². The molecule has 1 aromatic heterocycles. The molecule has 0 bridgehead atoms. The lowest BCUT2D eigenvalue weighted by Crippen LogP contribution is -2.36. The van der Waals surface area contributed by atoms with Crippen molar-refractivity contribution >= 4 is 34.2 Å². The summed E-state index contributed by atoms with van der Waals surface area (Å²) < 4.78 is 5.43. The predicted octanol–water partition coefficient (Wildman–Crippen LogP) is 5.37. The van der Waals surface area contributed by atoms with E-state index < -0.39 is 23.8 Å². The fraction of sp³-hybridized carbons (Fsp3) is 0.375. The van der Waals surface area contributed by atoms with Gasteiger partial charge < -0.3 is 15.2 Å². The Morgan fingerprint density at radius 1 is 1.06 bits per heavy atom. The van der Waals surface area contributed by atoms with E-state index in [0.717, 1.165) is 16.7 Å². The molecule has 2 atom stereocenters. The Morgan fingerprint density at radius 3 is 2.26 bits per heavy atom. The summed E-state index contributed by atoms with van der Waals surface area (Å²) in [6.45, 7) is 7.37. The monoisotopic (exact) mass is 441 g/mol.